The summed E-state index contributed by atoms with van der Waals surface area (Å²) in [4.78, 5) is 26.6. The quantitative estimate of drug-likeness (QED) is 0.349. The maximum atomic E-state index is 13.2. The van der Waals surface area contributed by atoms with Crippen molar-refractivity contribution in [1.82, 2.24) is 15.3 Å². The van der Waals surface area contributed by atoms with Crippen molar-refractivity contribution in [2.75, 3.05) is 37.5 Å². The second-order valence-corrected chi connectivity index (χ2v) is 9.30. The lowest BCUT2D eigenvalue weighted by Gasteiger charge is -2.19. The molecule has 1 amide bonds. The molecule has 194 valence electrons. The van der Waals surface area contributed by atoms with Gasteiger partial charge in [0.05, 0.1) is 7.11 Å². The number of hydrogen-bond donors (Lipinski definition) is 1. The minimum atomic E-state index is -0.292. The summed E-state index contributed by atoms with van der Waals surface area (Å²) < 4.78 is 11.4. The van der Waals surface area contributed by atoms with Gasteiger partial charge in [0.2, 0.25) is 11.8 Å². The lowest BCUT2D eigenvalue weighted by Crippen LogP contribution is -2.25. The monoisotopic (exact) mass is 509 g/mol. The third-order valence-corrected chi connectivity index (χ3v) is 6.55. The summed E-state index contributed by atoms with van der Waals surface area (Å²) in [6.45, 7) is 1.40. The Morgan fingerprint density at radius 1 is 1.00 bits per heavy atom. The zero-order valence-corrected chi connectivity index (χ0v) is 21.8. The van der Waals surface area contributed by atoms with E-state index in [4.69, 9.17) is 14.5 Å². The SMILES string of the molecule is COc1ccc(COc2nc(N3CCc4ccccc43)ncc2C(=O)NCc2ccc(N(C)C)cc2)cc1. The largest absolute Gasteiger partial charge is 0.497 e. The van der Waals surface area contributed by atoms with E-state index in [2.05, 4.69) is 27.3 Å². The minimum absolute atomic E-state index is 0.246. The summed E-state index contributed by atoms with van der Waals surface area (Å²) >= 11 is 0. The summed E-state index contributed by atoms with van der Waals surface area (Å²) in [5.74, 6) is 1.23. The van der Waals surface area contributed by atoms with Gasteiger partial charge in [0, 0.05) is 44.8 Å². The van der Waals surface area contributed by atoms with Gasteiger partial charge in [0.15, 0.2) is 0 Å². The number of hydrogen-bond acceptors (Lipinski definition) is 7. The highest BCUT2D eigenvalue weighted by molar-refractivity contribution is 5.96. The average Bonchev–Trinajstić information content (AvgIpc) is 3.39. The molecule has 2 heterocycles. The number of amides is 1. The topological polar surface area (TPSA) is 79.8 Å². The van der Waals surface area contributed by atoms with Gasteiger partial charge in [-0.3, -0.25) is 4.79 Å². The van der Waals surface area contributed by atoms with Crippen LogP contribution in [-0.2, 0) is 19.6 Å². The van der Waals surface area contributed by atoms with Crippen molar-refractivity contribution in [3.05, 3.63) is 101 Å². The molecule has 0 radical (unpaired) electrons. The molecule has 1 aromatic heterocycles. The van der Waals surface area contributed by atoms with Crippen molar-refractivity contribution in [1.29, 1.82) is 0 Å². The Kier molecular flexibility index (Phi) is 7.40. The maximum absolute atomic E-state index is 13.2. The maximum Gasteiger partial charge on any atom is 0.258 e. The van der Waals surface area contributed by atoms with Gasteiger partial charge >= 0.3 is 0 Å². The van der Waals surface area contributed by atoms with E-state index in [1.807, 2.05) is 79.7 Å². The number of anilines is 3. The highest BCUT2D eigenvalue weighted by atomic mass is 16.5. The number of fused-ring (bicyclic) bond motifs is 1. The first-order chi connectivity index (χ1) is 18.5. The molecule has 1 aliphatic heterocycles. The number of nitrogens with one attached hydrogen (secondary N) is 1. The molecule has 8 nitrogen and oxygen atoms in total. The number of aromatic nitrogens is 2. The molecular weight excluding hydrogens is 478 g/mol. The third kappa shape index (κ3) is 5.54. The van der Waals surface area contributed by atoms with Crippen molar-refractivity contribution in [3.8, 4) is 11.6 Å². The fourth-order valence-corrected chi connectivity index (χ4v) is 4.36. The molecule has 0 atom stereocenters. The van der Waals surface area contributed by atoms with Gasteiger partial charge in [0.25, 0.3) is 5.91 Å². The van der Waals surface area contributed by atoms with Gasteiger partial charge in [-0.2, -0.15) is 4.98 Å². The van der Waals surface area contributed by atoms with Crippen LogP contribution in [0.1, 0.15) is 27.0 Å². The molecule has 3 aromatic carbocycles. The van der Waals surface area contributed by atoms with Crippen LogP contribution in [0.25, 0.3) is 0 Å². The van der Waals surface area contributed by atoms with E-state index in [-0.39, 0.29) is 18.4 Å². The van der Waals surface area contributed by atoms with Crippen molar-refractivity contribution >= 4 is 23.2 Å². The minimum Gasteiger partial charge on any atom is -0.497 e. The van der Waals surface area contributed by atoms with Crippen LogP contribution in [0.5, 0.6) is 11.6 Å². The van der Waals surface area contributed by atoms with E-state index in [0.717, 1.165) is 41.2 Å². The Labute approximate surface area is 222 Å². The molecule has 8 heteroatoms. The van der Waals surface area contributed by atoms with E-state index in [0.29, 0.717) is 18.1 Å². The molecule has 1 aliphatic rings. The van der Waals surface area contributed by atoms with E-state index in [1.54, 1.807) is 13.3 Å². The molecule has 1 N–H and O–H groups in total. The van der Waals surface area contributed by atoms with E-state index < -0.39 is 0 Å². The smallest absolute Gasteiger partial charge is 0.258 e. The van der Waals surface area contributed by atoms with Crippen molar-refractivity contribution in [2.24, 2.45) is 0 Å². The van der Waals surface area contributed by atoms with Crippen LogP contribution in [0.2, 0.25) is 0 Å². The molecule has 0 spiro atoms. The zero-order chi connectivity index (χ0) is 26.5. The first-order valence-electron chi connectivity index (χ1n) is 12.5. The molecule has 0 saturated heterocycles. The fraction of sp³-hybridized carbons (Fsp3) is 0.233. The van der Waals surface area contributed by atoms with Crippen LogP contribution in [0.15, 0.2) is 79.0 Å². The number of methoxy groups -OCH3 is 1. The third-order valence-electron chi connectivity index (χ3n) is 6.55. The lowest BCUT2D eigenvalue weighted by molar-refractivity contribution is 0.0945. The van der Waals surface area contributed by atoms with Crippen molar-refractivity contribution in [3.63, 3.8) is 0 Å². The summed E-state index contributed by atoms with van der Waals surface area (Å²) in [5.41, 5.74) is 5.65. The molecule has 4 aromatic rings. The van der Waals surface area contributed by atoms with Crippen LogP contribution < -0.4 is 24.6 Å². The van der Waals surface area contributed by atoms with Crippen LogP contribution in [0, 0.1) is 0 Å². The number of carbonyl (C=O) groups excluding carboxylic acids is 1. The summed E-state index contributed by atoms with van der Waals surface area (Å²) in [6, 6.07) is 23.9. The second-order valence-electron chi connectivity index (χ2n) is 9.30. The van der Waals surface area contributed by atoms with E-state index >= 15 is 0 Å². The Hall–Kier alpha value is -4.59. The first-order valence-corrected chi connectivity index (χ1v) is 12.5. The summed E-state index contributed by atoms with van der Waals surface area (Å²) in [6.07, 6.45) is 2.47. The summed E-state index contributed by atoms with van der Waals surface area (Å²) in [5, 5.41) is 2.98. The molecular formula is C30H31N5O3. The number of nitrogens with zero attached hydrogens (tertiary/aromatic N) is 4. The van der Waals surface area contributed by atoms with Crippen LogP contribution >= 0.6 is 0 Å². The zero-order valence-electron chi connectivity index (χ0n) is 21.8. The van der Waals surface area contributed by atoms with Crippen LogP contribution in [0.4, 0.5) is 17.3 Å². The average molecular weight is 510 g/mol. The number of ether oxygens (including phenoxy) is 2. The molecule has 0 aliphatic carbocycles. The Morgan fingerprint density at radius 3 is 2.47 bits per heavy atom. The summed E-state index contributed by atoms with van der Waals surface area (Å²) in [7, 11) is 5.62. The fourth-order valence-electron chi connectivity index (χ4n) is 4.36. The normalized spacial score (nSPS) is 12.1. The Morgan fingerprint density at radius 2 is 1.74 bits per heavy atom. The number of para-hydroxylation sites is 1. The van der Waals surface area contributed by atoms with Crippen molar-refractivity contribution in [2.45, 2.75) is 19.6 Å². The standard InChI is InChI=1S/C30H31N5O3/c1-34(2)24-12-8-21(9-13-24)18-31-28(36)26-19-32-30(35-17-16-23-6-4-5-7-27(23)35)33-29(26)38-20-22-10-14-25(37-3)15-11-22/h4-15,19H,16-18,20H2,1-3H3,(H,31,36). The molecule has 5 rings (SSSR count). The van der Waals surface area contributed by atoms with E-state index in [1.165, 1.54) is 5.56 Å². The highest BCUT2D eigenvalue weighted by Gasteiger charge is 2.24. The molecule has 0 fully saturated rings. The van der Waals surface area contributed by atoms with Crippen LogP contribution in [-0.4, -0.2) is 43.6 Å². The van der Waals surface area contributed by atoms with Gasteiger partial charge in [-0.15, -0.1) is 0 Å². The van der Waals surface area contributed by atoms with Gasteiger partial charge in [-0.05, 0) is 53.4 Å². The number of carbonyl (C=O) groups is 1. The number of benzene rings is 3. The molecule has 0 saturated carbocycles. The Balaban J connectivity index is 1.37. The number of rotatable bonds is 9. The molecule has 0 unspecified atom stereocenters. The highest BCUT2D eigenvalue weighted by Crippen LogP contribution is 2.33. The van der Waals surface area contributed by atoms with Gasteiger partial charge < -0.3 is 24.6 Å². The first kappa shape index (κ1) is 25.1. The second kappa shape index (κ2) is 11.2. The van der Waals surface area contributed by atoms with Gasteiger partial charge in [0.1, 0.15) is 17.9 Å². The van der Waals surface area contributed by atoms with Crippen LogP contribution in [0.3, 0.4) is 0 Å². The predicted octanol–water partition coefficient (Wildman–Crippen LogP) is 4.75. The lowest BCUT2D eigenvalue weighted by atomic mass is 10.2. The molecule has 0 bridgehead atoms. The molecule has 38 heavy (non-hydrogen) atoms. The predicted molar refractivity (Wildman–Crippen MR) is 148 cm³/mol. The van der Waals surface area contributed by atoms with Gasteiger partial charge in [-0.25, -0.2) is 4.98 Å². The van der Waals surface area contributed by atoms with Crippen molar-refractivity contribution < 1.29 is 14.3 Å². The van der Waals surface area contributed by atoms with Gasteiger partial charge in [-0.1, -0.05) is 42.5 Å². The van der Waals surface area contributed by atoms with E-state index in [9.17, 15) is 4.79 Å². The Bertz CT molecular complexity index is 1400.